The van der Waals surface area contributed by atoms with Crippen LogP contribution in [0.2, 0.25) is 0 Å². The molecule has 1 aliphatic rings. The summed E-state index contributed by atoms with van der Waals surface area (Å²) in [6, 6.07) is 9.22. The minimum absolute atomic E-state index is 0.154. The van der Waals surface area contributed by atoms with Gasteiger partial charge in [0.05, 0.1) is 13.2 Å². The number of alkyl halides is 3. The van der Waals surface area contributed by atoms with Crippen LogP contribution in [0, 0.1) is 5.41 Å². The molecule has 34 heavy (non-hydrogen) atoms. The van der Waals surface area contributed by atoms with E-state index >= 15 is 0 Å². The van der Waals surface area contributed by atoms with Gasteiger partial charge in [0.2, 0.25) is 18.3 Å². The second kappa shape index (κ2) is 12.6. The first-order valence-corrected chi connectivity index (χ1v) is 11.1. The minimum Gasteiger partial charge on any atom is -0.456 e. The molecule has 0 aromatic heterocycles. The zero-order chi connectivity index (χ0) is 25.5. The van der Waals surface area contributed by atoms with Gasteiger partial charge in [-0.05, 0) is 5.56 Å². The summed E-state index contributed by atoms with van der Waals surface area (Å²) in [6.45, 7) is 3.39. The number of nitrogens with one attached hydrogen (secondary N) is 1. The number of carbonyl (C=O) groups excluding carboxylic acids is 3. The molecule has 0 bridgehead atoms. The van der Waals surface area contributed by atoms with Crippen molar-refractivity contribution in [1.82, 2.24) is 0 Å². The van der Waals surface area contributed by atoms with Crippen molar-refractivity contribution >= 4 is 58.6 Å². The van der Waals surface area contributed by atoms with Gasteiger partial charge < -0.3 is 28.4 Å². The second-order valence-electron chi connectivity index (χ2n) is 7.21. The molecule has 0 aliphatic carbocycles. The van der Waals surface area contributed by atoms with Crippen molar-refractivity contribution in [3.63, 3.8) is 0 Å². The van der Waals surface area contributed by atoms with Gasteiger partial charge in [0, 0.05) is 20.8 Å². The molecule has 1 N–H and O–H groups in total. The van der Waals surface area contributed by atoms with Crippen molar-refractivity contribution < 1.29 is 42.8 Å². The van der Waals surface area contributed by atoms with Crippen LogP contribution in [-0.2, 0) is 49.4 Å². The molecular formula is C21H24Cl3NO9. The molecule has 1 aromatic carbocycles. The maximum absolute atomic E-state index is 11.8. The van der Waals surface area contributed by atoms with E-state index in [0.717, 1.165) is 26.3 Å². The largest absolute Gasteiger partial charge is 0.456 e. The Labute approximate surface area is 211 Å². The summed E-state index contributed by atoms with van der Waals surface area (Å²) in [7, 11) is 0. The molecule has 1 aliphatic heterocycles. The number of hydrogen-bond donors (Lipinski definition) is 1. The number of esters is 3. The average molecular weight is 541 g/mol. The highest BCUT2D eigenvalue weighted by Crippen LogP contribution is 2.33. The summed E-state index contributed by atoms with van der Waals surface area (Å²) < 4.78 is 30.5. The van der Waals surface area contributed by atoms with Crippen LogP contribution in [0.4, 0.5) is 0 Å². The quantitative estimate of drug-likeness (QED) is 0.174. The lowest BCUT2D eigenvalue weighted by Gasteiger charge is -2.44. The zero-order valence-corrected chi connectivity index (χ0v) is 20.8. The van der Waals surface area contributed by atoms with Crippen molar-refractivity contribution in [2.45, 2.75) is 61.9 Å². The topological polar surface area (TPSA) is 130 Å². The van der Waals surface area contributed by atoms with Crippen LogP contribution in [0.3, 0.4) is 0 Å². The molecule has 0 radical (unpaired) electrons. The number of hydrogen-bond acceptors (Lipinski definition) is 10. The van der Waals surface area contributed by atoms with Gasteiger partial charge >= 0.3 is 17.9 Å². The van der Waals surface area contributed by atoms with Crippen molar-refractivity contribution in [3.8, 4) is 0 Å². The van der Waals surface area contributed by atoms with Crippen LogP contribution in [0.1, 0.15) is 26.3 Å². The highest BCUT2D eigenvalue weighted by atomic mass is 35.6. The fraction of sp³-hybridized carbons (Fsp3) is 0.524. The first-order valence-electron chi connectivity index (χ1n) is 9.99. The van der Waals surface area contributed by atoms with Crippen LogP contribution >= 0.6 is 34.8 Å². The van der Waals surface area contributed by atoms with E-state index in [1.165, 1.54) is 0 Å². The van der Waals surface area contributed by atoms with E-state index in [1.807, 2.05) is 30.3 Å². The smallest absolute Gasteiger partial charge is 0.303 e. The standard InChI is InChI=1S/C21H24Cl3NO9/c1-11(26)30-16-15(10-29-9-14-7-5-4-6-8-14)33-19(34-20(25)21(22,23)24)18(32-13(3)28)17(16)31-12(2)27/h4-8,15-19,25H,9-10H2,1-3H3/t15?,16-,17?,18?,19+/m0/s1. The van der Waals surface area contributed by atoms with Crippen LogP contribution < -0.4 is 0 Å². The lowest BCUT2D eigenvalue weighted by molar-refractivity contribution is -0.293. The van der Waals surface area contributed by atoms with Crippen LogP contribution in [-0.4, -0.2) is 64.9 Å². The highest BCUT2D eigenvalue weighted by Gasteiger charge is 2.54. The van der Waals surface area contributed by atoms with Gasteiger partial charge in [-0.1, -0.05) is 65.1 Å². The first-order chi connectivity index (χ1) is 15.9. The molecule has 0 saturated carbocycles. The Hall–Kier alpha value is -2.11. The van der Waals surface area contributed by atoms with Crippen LogP contribution in [0.15, 0.2) is 30.3 Å². The zero-order valence-electron chi connectivity index (χ0n) is 18.5. The van der Waals surface area contributed by atoms with E-state index in [-0.39, 0.29) is 13.2 Å². The predicted molar refractivity (Wildman–Crippen MR) is 121 cm³/mol. The van der Waals surface area contributed by atoms with E-state index < -0.39 is 58.3 Å². The Morgan fingerprint density at radius 3 is 1.94 bits per heavy atom. The third-order valence-electron chi connectivity index (χ3n) is 4.38. The number of ether oxygens (including phenoxy) is 6. The SMILES string of the molecule is CC(=O)OC1C(OC(C)=O)[C@@H](OC(C)=O)C(COCc2ccccc2)O[C@@H]1OC(=N)C(Cl)(Cl)Cl. The molecule has 0 amide bonds. The Morgan fingerprint density at radius 1 is 0.882 bits per heavy atom. The molecule has 10 nitrogen and oxygen atoms in total. The Bertz CT molecular complexity index is 878. The van der Waals surface area contributed by atoms with Gasteiger partial charge in [-0.15, -0.1) is 0 Å². The van der Waals surface area contributed by atoms with Crippen LogP contribution in [0.25, 0.3) is 0 Å². The van der Waals surface area contributed by atoms with Gasteiger partial charge in [-0.3, -0.25) is 19.8 Å². The van der Waals surface area contributed by atoms with Crippen LogP contribution in [0.5, 0.6) is 0 Å². The minimum atomic E-state index is -2.26. The Balaban J connectivity index is 2.35. The number of benzene rings is 1. The Kier molecular flexibility index (Phi) is 10.4. The monoisotopic (exact) mass is 539 g/mol. The lowest BCUT2D eigenvalue weighted by atomic mass is 9.98. The fourth-order valence-corrected chi connectivity index (χ4v) is 3.27. The van der Waals surface area contributed by atoms with Crippen molar-refractivity contribution in [2.24, 2.45) is 0 Å². The molecule has 188 valence electrons. The van der Waals surface area contributed by atoms with Gasteiger partial charge in [-0.25, -0.2) is 0 Å². The lowest BCUT2D eigenvalue weighted by Crippen LogP contribution is -2.63. The number of rotatable bonds is 8. The number of halogens is 3. The molecule has 5 atom stereocenters. The van der Waals surface area contributed by atoms with Crippen molar-refractivity contribution in [3.05, 3.63) is 35.9 Å². The summed E-state index contributed by atoms with van der Waals surface area (Å²) in [5.41, 5.74) is 0.863. The van der Waals surface area contributed by atoms with Crippen molar-refractivity contribution in [1.29, 1.82) is 5.41 Å². The van der Waals surface area contributed by atoms with E-state index in [9.17, 15) is 14.4 Å². The molecule has 1 fully saturated rings. The van der Waals surface area contributed by atoms with E-state index in [2.05, 4.69) is 0 Å². The summed E-state index contributed by atoms with van der Waals surface area (Å²) >= 11 is 17.1. The predicted octanol–water partition coefficient (Wildman–Crippen LogP) is 3.09. The molecule has 1 heterocycles. The summed E-state index contributed by atoms with van der Waals surface area (Å²) in [6.07, 6.45) is -6.73. The average Bonchev–Trinajstić information content (AvgIpc) is 2.72. The summed E-state index contributed by atoms with van der Waals surface area (Å²) in [5, 5.41) is 7.87. The van der Waals surface area contributed by atoms with E-state index in [1.54, 1.807) is 0 Å². The fourth-order valence-electron chi connectivity index (χ4n) is 3.13. The molecule has 13 heteroatoms. The van der Waals surface area contributed by atoms with Gasteiger partial charge in [0.15, 0.2) is 12.2 Å². The molecule has 3 unspecified atom stereocenters. The molecular weight excluding hydrogens is 517 g/mol. The summed E-state index contributed by atoms with van der Waals surface area (Å²) in [4.78, 5) is 35.4. The first kappa shape index (κ1) is 28.1. The third kappa shape index (κ3) is 8.59. The maximum atomic E-state index is 11.8. The normalized spacial score (nSPS) is 24.6. The van der Waals surface area contributed by atoms with Gasteiger partial charge in [0.1, 0.15) is 6.10 Å². The molecule has 1 saturated heterocycles. The van der Waals surface area contributed by atoms with Crippen molar-refractivity contribution in [2.75, 3.05) is 6.61 Å². The molecule has 1 aromatic rings. The highest BCUT2D eigenvalue weighted by molar-refractivity contribution is 6.76. The molecule has 0 spiro atoms. The Morgan fingerprint density at radius 2 is 1.41 bits per heavy atom. The van der Waals surface area contributed by atoms with Gasteiger partial charge in [0.25, 0.3) is 3.79 Å². The third-order valence-corrected chi connectivity index (χ3v) is 4.90. The maximum Gasteiger partial charge on any atom is 0.303 e. The summed E-state index contributed by atoms with van der Waals surface area (Å²) in [5.74, 6) is -3.11. The van der Waals surface area contributed by atoms with Gasteiger partial charge in [-0.2, -0.15) is 0 Å². The molecule has 2 rings (SSSR count). The van der Waals surface area contributed by atoms with E-state index in [4.69, 9.17) is 68.6 Å². The number of carbonyl (C=O) groups is 3. The van der Waals surface area contributed by atoms with E-state index in [0.29, 0.717) is 0 Å². The second-order valence-corrected chi connectivity index (χ2v) is 9.49.